The molecule has 3 heterocycles. The fourth-order valence-corrected chi connectivity index (χ4v) is 8.57. The van der Waals surface area contributed by atoms with E-state index in [0.717, 1.165) is 6.42 Å². The summed E-state index contributed by atoms with van der Waals surface area (Å²) >= 11 is 0. The summed E-state index contributed by atoms with van der Waals surface area (Å²) in [5.41, 5.74) is -2.27. The molecule has 12 nitrogen and oxygen atoms in total. The molecule has 44 heavy (non-hydrogen) atoms. The van der Waals surface area contributed by atoms with Gasteiger partial charge in [0.15, 0.2) is 0 Å². The molecule has 0 amide bonds. The summed E-state index contributed by atoms with van der Waals surface area (Å²) < 4.78 is 40.7. The van der Waals surface area contributed by atoms with Crippen LogP contribution in [-0.2, 0) is 52.3 Å². The molecule has 1 spiro atoms. The van der Waals surface area contributed by atoms with E-state index in [1.54, 1.807) is 20.1 Å². The van der Waals surface area contributed by atoms with E-state index in [2.05, 4.69) is 13.8 Å². The van der Waals surface area contributed by atoms with E-state index < -0.39 is 64.7 Å². The number of esters is 4. The monoisotopic (exact) mass is 622 g/mol. The molecule has 2 saturated heterocycles. The van der Waals surface area contributed by atoms with E-state index >= 15 is 0 Å². The molecule has 12 atom stereocenters. The smallest absolute Gasteiger partial charge is 0.309 e. The van der Waals surface area contributed by atoms with Crippen LogP contribution in [0.5, 0.6) is 0 Å². The molecule has 3 aliphatic heterocycles. The highest BCUT2D eigenvalue weighted by molar-refractivity contribution is 5.73. The third-order valence-corrected chi connectivity index (χ3v) is 10.7. The summed E-state index contributed by atoms with van der Waals surface area (Å²) in [5, 5.41) is 11.2. The van der Waals surface area contributed by atoms with Crippen LogP contribution >= 0.6 is 0 Å². The maximum Gasteiger partial charge on any atom is 0.309 e. The summed E-state index contributed by atoms with van der Waals surface area (Å²) in [7, 11) is 0. The Labute approximate surface area is 258 Å². The van der Waals surface area contributed by atoms with Gasteiger partial charge in [-0.15, -0.1) is 0 Å². The van der Waals surface area contributed by atoms with Crippen LogP contribution in [-0.4, -0.2) is 84.6 Å². The summed E-state index contributed by atoms with van der Waals surface area (Å²) in [6.45, 7) is 10.3. The van der Waals surface area contributed by atoms with Gasteiger partial charge in [0.05, 0.1) is 43.3 Å². The van der Waals surface area contributed by atoms with Crippen molar-refractivity contribution in [2.75, 3.05) is 13.2 Å². The molecule has 4 fully saturated rings. The second-order valence-corrected chi connectivity index (χ2v) is 13.7. The quantitative estimate of drug-likeness (QED) is 0.216. The van der Waals surface area contributed by atoms with Crippen molar-refractivity contribution in [2.45, 2.75) is 122 Å². The highest BCUT2D eigenvalue weighted by Gasteiger charge is 2.77. The number of rotatable bonds is 10. The highest BCUT2D eigenvalue weighted by atomic mass is 16.7. The van der Waals surface area contributed by atoms with Crippen molar-refractivity contribution >= 4 is 23.9 Å². The molecule has 0 aromatic heterocycles. The maximum absolute atomic E-state index is 13.2. The number of carbonyl (C=O) groups is 4. The molecular weight excluding hydrogens is 576 g/mol. The van der Waals surface area contributed by atoms with E-state index in [1.807, 2.05) is 6.08 Å². The predicted molar refractivity (Wildman–Crippen MR) is 151 cm³/mol. The van der Waals surface area contributed by atoms with Gasteiger partial charge in [-0.1, -0.05) is 13.8 Å². The van der Waals surface area contributed by atoms with Crippen LogP contribution in [0.1, 0.15) is 80.1 Å². The van der Waals surface area contributed by atoms with E-state index in [0.29, 0.717) is 25.9 Å². The second-order valence-electron chi connectivity index (χ2n) is 13.7. The largest absolute Gasteiger partial charge is 0.472 e. The van der Waals surface area contributed by atoms with E-state index in [9.17, 15) is 24.3 Å². The molecule has 246 valence electrons. The minimum Gasteiger partial charge on any atom is -0.472 e. The minimum absolute atomic E-state index is 0.0309. The van der Waals surface area contributed by atoms with Gasteiger partial charge in [0.2, 0.25) is 6.29 Å². The normalized spacial score (nSPS) is 41.5. The van der Waals surface area contributed by atoms with Crippen LogP contribution in [0, 0.1) is 28.6 Å². The second kappa shape index (κ2) is 12.2. The standard InChI is InChI=1S/C32H46O12/c1-17-9-26(43-21(5)34)32(16-39-27(36)10-19(3)42-28(37)11-18(2)41-20(4)33)24(13-23(35)14-31(32)15-40-31)30(17,6)25-12-22-7-8-38-29(22)44-25/h7-8,17-19,22-26,29,35H,9-16H2,1-6H3. The van der Waals surface area contributed by atoms with Crippen LogP contribution in [0.3, 0.4) is 0 Å². The van der Waals surface area contributed by atoms with Gasteiger partial charge in [-0.2, -0.15) is 0 Å². The van der Waals surface area contributed by atoms with Crippen molar-refractivity contribution in [3.8, 4) is 0 Å². The molecule has 5 rings (SSSR count). The predicted octanol–water partition coefficient (Wildman–Crippen LogP) is 2.97. The Balaban J connectivity index is 1.37. The van der Waals surface area contributed by atoms with Gasteiger partial charge in [0.1, 0.15) is 30.5 Å². The van der Waals surface area contributed by atoms with E-state index in [4.69, 9.17) is 33.2 Å². The van der Waals surface area contributed by atoms with Crippen molar-refractivity contribution in [2.24, 2.45) is 28.6 Å². The van der Waals surface area contributed by atoms with Gasteiger partial charge >= 0.3 is 23.9 Å². The molecule has 2 aliphatic carbocycles. The fraction of sp³-hybridized carbons (Fsp3) is 0.812. The summed E-state index contributed by atoms with van der Waals surface area (Å²) in [4.78, 5) is 49.1. The van der Waals surface area contributed by atoms with Crippen LogP contribution in [0.4, 0.5) is 0 Å². The lowest BCUT2D eigenvalue weighted by molar-refractivity contribution is -0.263. The number of aliphatic hydroxyl groups excluding tert-OH is 1. The van der Waals surface area contributed by atoms with Crippen molar-refractivity contribution in [3.63, 3.8) is 0 Å². The van der Waals surface area contributed by atoms with Crippen LogP contribution in [0.15, 0.2) is 12.3 Å². The van der Waals surface area contributed by atoms with Crippen molar-refractivity contribution in [3.05, 3.63) is 12.3 Å². The van der Waals surface area contributed by atoms with Gasteiger partial charge in [-0.25, -0.2) is 0 Å². The first kappa shape index (κ1) is 32.7. The Morgan fingerprint density at radius 1 is 1.00 bits per heavy atom. The van der Waals surface area contributed by atoms with E-state index in [-0.39, 0.29) is 49.6 Å². The average Bonchev–Trinajstić information content (AvgIpc) is 3.33. The molecule has 2 saturated carbocycles. The highest BCUT2D eigenvalue weighted by Crippen LogP contribution is 2.70. The number of ether oxygens (including phenoxy) is 7. The third kappa shape index (κ3) is 5.97. The van der Waals surface area contributed by atoms with Crippen molar-refractivity contribution in [1.82, 2.24) is 0 Å². The zero-order chi connectivity index (χ0) is 32.0. The molecule has 0 aromatic rings. The van der Waals surface area contributed by atoms with Crippen LogP contribution in [0.2, 0.25) is 0 Å². The topological polar surface area (TPSA) is 156 Å². The van der Waals surface area contributed by atoms with Gasteiger partial charge in [0.25, 0.3) is 0 Å². The van der Waals surface area contributed by atoms with E-state index in [1.165, 1.54) is 13.8 Å². The molecule has 12 heteroatoms. The average molecular weight is 623 g/mol. The summed E-state index contributed by atoms with van der Waals surface area (Å²) in [6, 6.07) is 0. The van der Waals surface area contributed by atoms with Gasteiger partial charge in [0, 0.05) is 31.6 Å². The molecule has 0 bridgehead atoms. The zero-order valence-corrected chi connectivity index (χ0v) is 26.4. The van der Waals surface area contributed by atoms with Crippen molar-refractivity contribution in [1.29, 1.82) is 0 Å². The molecule has 0 radical (unpaired) electrons. The Bertz CT molecular complexity index is 1160. The summed E-state index contributed by atoms with van der Waals surface area (Å²) in [5.74, 6) is -2.25. The van der Waals surface area contributed by atoms with Gasteiger partial charge in [-0.05, 0) is 51.0 Å². The van der Waals surface area contributed by atoms with Crippen molar-refractivity contribution < 1.29 is 57.4 Å². The van der Waals surface area contributed by atoms with Crippen LogP contribution in [0.25, 0.3) is 0 Å². The molecule has 12 unspecified atom stereocenters. The molecule has 0 aromatic carbocycles. The Hall–Kier alpha value is -2.70. The lowest BCUT2D eigenvalue weighted by Crippen LogP contribution is -2.70. The number of hydrogen-bond acceptors (Lipinski definition) is 12. The zero-order valence-electron chi connectivity index (χ0n) is 26.4. The van der Waals surface area contributed by atoms with Gasteiger partial charge in [-0.3, -0.25) is 19.2 Å². The Morgan fingerprint density at radius 3 is 2.32 bits per heavy atom. The lowest BCUT2D eigenvalue weighted by Gasteiger charge is -2.64. The molecular formula is C32H46O12. The molecule has 1 N–H and O–H groups in total. The number of carbonyl (C=O) groups excluding carboxylic acids is 4. The fourth-order valence-electron chi connectivity index (χ4n) is 8.57. The first-order chi connectivity index (χ1) is 20.7. The first-order valence-corrected chi connectivity index (χ1v) is 15.7. The number of fused-ring (bicyclic) bond motifs is 3. The van der Waals surface area contributed by atoms with Crippen LogP contribution < -0.4 is 0 Å². The van der Waals surface area contributed by atoms with Gasteiger partial charge < -0.3 is 38.3 Å². The minimum atomic E-state index is -0.939. The number of hydrogen-bond donors (Lipinski definition) is 1. The third-order valence-electron chi connectivity index (χ3n) is 10.7. The number of aliphatic hydroxyl groups is 1. The number of epoxide rings is 1. The summed E-state index contributed by atoms with van der Waals surface area (Å²) in [6.07, 6.45) is 2.07. The Kier molecular flexibility index (Phi) is 9.10. The first-order valence-electron chi connectivity index (χ1n) is 15.7. The SMILES string of the molecule is CC(=O)OC(C)CC(=O)OC(C)CC(=O)OCC12C(OC(C)=O)CC(C)C(C)(C3CC4C=COC4O3)C1CC(O)CC21CO1. The molecule has 5 aliphatic rings. The maximum atomic E-state index is 13.2. The Morgan fingerprint density at radius 2 is 1.68 bits per heavy atom. The lowest BCUT2D eigenvalue weighted by atomic mass is 9.42.